The van der Waals surface area contributed by atoms with Gasteiger partial charge in [0, 0.05) is 29.6 Å². The molecule has 5 heteroatoms. The van der Waals surface area contributed by atoms with Gasteiger partial charge in [0.25, 0.3) is 0 Å². The monoisotopic (exact) mass is 318 g/mol. The van der Waals surface area contributed by atoms with Crippen LogP contribution in [0.4, 0.5) is 0 Å². The quantitative estimate of drug-likeness (QED) is 0.781. The summed E-state index contributed by atoms with van der Waals surface area (Å²) in [4.78, 5) is 0. The molecule has 1 saturated carbocycles. The Morgan fingerprint density at radius 1 is 1.35 bits per heavy atom. The molecular weight excluding hydrogens is 295 g/mol. The third kappa shape index (κ3) is 4.09. The van der Waals surface area contributed by atoms with Gasteiger partial charge in [-0.25, -0.2) is 0 Å². The highest BCUT2D eigenvalue weighted by Gasteiger charge is 2.35. The topological polar surface area (TPSA) is 58.3 Å². The number of aliphatic hydroxyl groups excluding tert-OH is 1. The third-order valence-corrected chi connectivity index (χ3v) is 4.55. The fourth-order valence-electron chi connectivity index (χ4n) is 3.07. The molecule has 4 N–H and O–H groups in total. The Labute approximate surface area is 132 Å². The predicted molar refractivity (Wildman–Crippen MR) is 86.8 cm³/mol. The zero-order valence-electron chi connectivity index (χ0n) is 11.6. The SMILES string of the molecule is Cl.NCC1(c2cccc(Cl)c2)CCC(NCCO)CC1. The summed E-state index contributed by atoms with van der Waals surface area (Å²) in [6.07, 6.45) is 4.35. The Morgan fingerprint density at radius 2 is 2.05 bits per heavy atom. The van der Waals surface area contributed by atoms with Crippen molar-refractivity contribution in [2.24, 2.45) is 5.73 Å². The van der Waals surface area contributed by atoms with Crippen LogP contribution in [0.5, 0.6) is 0 Å². The molecule has 1 fully saturated rings. The summed E-state index contributed by atoms with van der Waals surface area (Å²) in [6, 6.07) is 8.61. The standard InChI is InChI=1S/C15H23ClN2O.ClH/c16-13-3-1-2-12(10-13)15(11-17)6-4-14(5-7-15)18-8-9-19;/h1-3,10,14,18-19H,4-9,11,17H2;1H. The summed E-state index contributed by atoms with van der Waals surface area (Å²) >= 11 is 6.10. The first-order valence-corrected chi connectivity index (χ1v) is 7.38. The van der Waals surface area contributed by atoms with Gasteiger partial charge in [-0.05, 0) is 43.4 Å². The first-order valence-electron chi connectivity index (χ1n) is 7.00. The molecule has 0 aliphatic heterocycles. The molecule has 0 spiro atoms. The molecule has 0 heterocycles. The first-order chi connectivity index (χ1) is 9.20. The van der Waals surface area contributed by atoms with Crippen molar-refractivity contribution in [1.29, 1.82) is 0 Å². The number of nitrogens with one attached hydrogen (secondary N) is 1. The largest absolute Gasteiger partial charge is 0.395 e. The van der Waals surface area contributed by atoms with Crippen molar-refractivity contribution in [2.75, 3.05) is 19.7 Å². The average molecular weight is 319 g/mol. The molecule has 3 nitrogen and oxygen atoms in total. The second-order valence-electron chi connectivity index (χ2n) is 5.45. The second-order valence-corrected chi connectivity index (χ2v) is 5.88. The lowest BCUT2D eigenvalue weighted by atomic mass is 9.68. The number of halogens is 2. The van der Waals surface area contributed by atoms with Gasteiger partial charge in [0.2, 0.25) is 0 Å². The lowest BCUT2D eigenvalue weighted by Crippen LogP contribution is -2.44. The van der Waals surface area contributed by atoms with E-state index in [9.17, 15) is 0 Å². The Bertz CT molecular complexity index is 407. The van der Waals surface area contributed by atoms with Crippen LogP contribution in [0, 0.1) is 0 Å². The smallest absolute Gasteiger partial charge is 0.0556 e. The van der Waals surface area contributed by atoms with Crippen LogP contribution in [0.1, 0.15) is 31.2 Å². The molecule has 0 aromatic heterocycles. The molecule has 114 valence electrons. The lowest BCUT2D eigenvalue weighted by Gasteiger charge is -2.40. The van der Waals surface area contributed by atoms with E-state index in [-0.39, 0.29) is 24.4 Å². The summed E-state index contributed by atoms with van der Waals surface area (Å²) in [6.45, 7) is 1.55. The molecule has 1 aromatic rings. The molecular formula is C15H24Cl2N2O. The van der Waals surface area contributed by atoms with E-state index in [0.717, 1.165) is 30.7 Å². The maximum absolute atomic E-state index is 8.86. The van der Waals surface area contributed by atoms with Gasteiger partial charge in [0.15, 0.2) is 0 Å². The molecule has 20 heavy (non-hydrogen) atoms. The Hall–Kier alpha value is -0.320. The van der Waals surface area contributed by atoms with Crippen LogP contribution in [0.3, 0.4) is 0 Å². The summed E-state index contributed by atoms with van der Waals surface area (Å²) in [5.41, 5.74) is 7.40. The van der Waals surface area contributed by atoms with Crippen molar-refractivity contribution >= 4 is 24.0 Å². The van der Waals surface area contributed by atoms with E-state index >= 15 is 0 Å². The molecule has 0 saturated heterocycles. The van der Waals surface area contributed by atoms with Crippen LogP contribution < -0.4 is 11.1 Å². The molecule has 1 aliphatic carbocycles. The van der Waals surface area contributed by atoms with Crippen LogP contribution in [-0.4, -0.2) is 30.8 Å². The van der Waals surface area contributed by atoms with Crippen LogP contribution >= 0.6 is 24.0 Å². The minimum atomic E-state index is 0. The number of rotatable bonds is 5. The molecule has 1 aliphatic rings. The summed E-state index contributed by atoms with van der Waals surface area (Å²) in [7, 11) is 0. The first kappa shape index (κ1) is 17.7. The Balaban J connectivity index is 0.00000200. The van der Waals surface area contributed by atoms with Crippen molar-refractivity contribution in [2.45, 2.75) is 37.1 Å². The van der Waals surface area contributed by atoms with Gasteiger partial charge < -0.3 is 16.2 Å². The second kappa shape index (κ2) is 8.20. The van der Waals surface area contributed by atoms with Crippen molar-refractivity contribution in [1.82, 2.24) is 5.32 Å². The number of aliphatic hydroxyl groups is 1. The maximum atomic E-state index is 8.86. The van der Waals surface area contributed by atoms with Gasteiger partial charge >= 0.3 is 0 Å². The Morgan fingerprint density at radius 3 is 2.60 bits per heavy atom. The van der Waals surface area contributed by atoms with Crippen molar-refractivity contribution in [3.63, 3.8) is 0 Å². The van der Waals surface area contributed by atoms with Crippen LogP contribution in [0.2, 0.25) is 5.02 Å². The highest BCUT2D eigenvalue weighted by molar-refractivity contribution is 6.30. The fourth-order valence-corrected chi connectivity index (χ4v) is 3.26. The summed E-state index contributed by atoms with van der Waals surface area (Å²) < 4.78 is 0. The number of hydrogen-bond acceptors (Lipinski definition) is 3. The number of hydrogen-bond donors (Lipinski definition) is 3. The molecule has 0 amide bonds. The molecule has 0 radical (unpaired) electrons. The van der Waals surface area contributed by atoms with Crippen LogP contribution in [0.25, 0.3) is 0 Å². The highest BCUT2D eigenvalue weighted by atomic mass is 35.5. The van der Waals surface area contributed by atoms with E-state index in [4.69, 9.17) is 22.4 Å². The van der Waals surface area contributed by atoms with E-state index < -0.39 is 0 Å². The zero-order chi connectivity index (χ0) is 13.7. The van der Waals surface area contributed by atoms with E-state index in [1.807, 2.05) is 12.1 Å². The number of benzene rings is 1. The van der Waals surface area contributed by atoms with E-state index in [0.29, 0.717) is 19.1 Å². The minimum absolute atomic E-state index is 0. The van der Waals surface area contributed by atoms with E-state index in [2.05, 4.69) is 17.4 Å². The minimum Gasteiger partial charge on any atom is -0.395 e. The molecule has 2 rings (SSSR count). The van der Waals surface area contributed by atoms with Gasteiger partial charge in [-0.2, -0.15) is 0 Å². The lowest BCUT2D eigenvalue weighted by molar-refractivity contribution is 0.232. The third-order valence-electron chi connectivity index (χ3n) is 4.32. The molecule has 0 bridgehead atoms. The van der Waals surface area contributed by atoms with Crippen molar-refractivity contribution < 1.29 is 5.11 Å². The van der Waals surface area contributed by atoms with Crippen molar-refractivity contribution in [3.8, 4) is 0 Å². The highest BCUT2D eigenvalue weighted by Crippen LogP contribution is 2.39. The average Bonchev–Trinajstić information content (AvgIpc) is 2.46. The Kier molecular flexibility index (Phi) is 7.27. The van der Waals surface area contributed by atoms with E-state index in [1.165, 1.54) is 5.56 Å². The van der Waals surface area contributed by atoms with Crippen LogP contribution in [-0.2, 0) is 5.41 Å². The van der Waals surface area contributed by atoms with Gasteiger partial charge in [-0.3, -0.25) is 0 Å². The van der Waals surface area contributed by atoms with Gasteiger partial charge in [-0.1, -0.05) is 23.7 Å². The maximum Gasteiger partial charge on any atom is 0.0556 e. The van der Waals surface area contributed by atoms with Gasteiger partial charge in [-0.15, -0.1) is 12.4 Å². The van der Waals surface area contributed by atoms with E-state index in [1.54, 1.807) is 0 Å². The molecule has 0 atom stereocenters. The normalized spacial score (nSPS) is 26.1. The van der Waals surface area contributed by atoms with Gasteiger partial charge in [0.05, 0.1) is 6.61 Å². The predicted octanol–water partition coefficient (Wildman–Crippen LogP) is 2.48. The molecule has 1 aromatic carbocycles. The fraction of sp³-hybridized carbons (Fsp3) is 0.600. The summed E-state index contributed by atoms with van der Waals surface area (Å²) in [5.74, 6) is 0. The van der Waals surface area contributed by atoms with Gasteiger partial charge in [0.1, 0.15) is 0 Å². The number of nitrogens with two attached hydrogens (primary N) is 1. The van der Waals surface area contributed by atoms with Crippen molar-refractivity contribution in [3.05, 3.63) is 34.9 Å². The summed E-state index contributed by atoms with van der Waals surface area (Å²) in [5, 5.41) is 13.0. The molecule has 0 unspecified atom stereocenters. The zero-order valence-corrected chi connectivity index (χ0v) is 13.2. The van der Waals surface area contributed by atoms with Crippen LogP contribution in [0.15, 0.2) is 24.3 Å².